The van der Waals surface area contributed by atoms with Crippen LogP contribution in [0.5, 0.6) is 5.75 Å². The summed E-state index contributed by atoms with van der Waals surface area (Å²) in [5, 5.41) is 11.4. The second-order valence-electron chi connectivity index (χ2n) is 8.92. The molecule has 3 heterocycles. The largest absolute Gasteiger partial charge is 0.507 e. The van der Waals surface area contributed by atoms with Crippen molar-refractivity contribution in [3.8, 4) is 5.75 Å². The van der Waals surface area contributed by atoms with Crippen LogP contribution < -0.4 is 14.5 Å². The number of benzene rings is 2. The Bertz CT molecular complexity index is 1330. The number of carbonyl (C=O) groups excluding carboxylic acids is 2. The van der Waals surface area contributed by atoms with E-state index in [0.717, 1.165) is 16.8 Å². The van der Waals surface area contributed by atoms with Gasteiger partial charge in [0.05, 0.1) is 17.8 Å². The van der Waals surface area contributed by atoms with Gasteiger partial charge in [-0.2, -0.15) is 0 Å². The molecule has 34 heavy (non-hydrogen) atoms. The van der Waals surface area contributed by atoms with E-state index >= 15 is 0 Å². The van der Waals surface area contributed by atoms with Gasteiger partial charge < -0.3 is 19.2 Å². The molecule has 0 aliphatic carbocycles. The number of aliphatic hydroxyl groups excluding tert-OH is 1. The second-order valence-corrected chi connectivity index (χ2v) is 8.92. The number of fused-ring (bicyclic) bond motifs is 1. The lowest BCUT2D eigenvalue weighted by Gasteiger charge is -2.28. The molecule has 174 valence electrons. The minimum Gasteiger partial charge on any atom is -0.507 e. The standard InChI is InChI=1S/C27H26N2O5/c1-15-11-16(2)13-19(12-15)29-24(22-7-5-17(3)34-22)23(26(31)27(29)32)25(30)18-6-8-21-20(14-18)28(4)9-10-33-21/h5-8,11-14,24,30H,9-10H2,1-4H3/b25-23-. The molecular weight excluding hydrogens is 432 g/mol. The highest BCUT2D eigenvalue weighted by molar-refractivity contribution is 6.51. The highest BCUT2D eigenvalue weighted by Crippen LogP contribution is 2.44. The van der Waals surface area contributed by atoms with Gasteiger partial charge >= 0.3 is 0 Å². The smallest absolute Gasteiger partial charge is 0.300 e. The van der Waals surface area contributed by atoms with Gasteiger partial charge in [0.2, 0.25) is 0 Å². The number of hydrogen-bond acceptors (Lipinski definition) is 6. The Morgan fingerprint density at radius 3 is 2.41 bits per heavy atom. The van der Waals surface area contributed by atoms with Gasteiger partial charge in [-0.3, -0.25) is 14.5 Å². The topological polar surface area (TPSA) is 83.2 Å². The maximum Gasteiger partial charge on any atom is 0.300 e. The average Bonchev–Trinajstić information content (AvgIpc) is 3.33. The minimum absolute atomic E-state index is 0.00200. The van der Waals surface area contributed by atoms with Crippen LogP contribution in [0.4, 0.5) is 11.4 Å². The number of hydrogen-bond donors (Lipinski definition) is 1. The molecule has 5 rings (SSSR count). The highest BCUT2D eigenvalue weighted by atomic mass is 16.5. The first-order chi connectivity index (χ1) is 16.2. The Labute approximate surface area is 197 Å². The Kier molecular flexibility index (Phi) is 5.20. The van der Waals surface area contributed by atoms with E-state index in [1.807, 2.05) is 44.0 Å². The molecule has 2 aromatic carbocycles. The van der Waals surface area contributed by atoms with Gasteiger partial charge in [-0.05, 0) is 74.4 Å². The molecule has 1 amide bonds. The Balaban J connectivity index is 1.70. The van der Waals surface area contributed by atoms with Gasteiger partial charge in [-0.25, -0.2) is 0 Å². The van der Waals surface area contributed by atoms with Crippen molar-refractivity contribution in [3.63, 3.8) is 0 Å². The average molecular weight is 459 g/mol. The molecule has 0 bridgehead atoms. The maximum atomic E-state index is 13.3. The molecule has 7 heteroatoms. The van der Waals surface area contributed by atoms with Crippen molar-refractivity contribution in [2.24, 2.45) is 0 Å². The third-order valence-electron chi connectivity index (χ3n) is 6.29. The molecule has 7 nitrogen and oxygen atoms in total. The number of carbonyl (C=O) groups is 2. The van der Waals surface area contributed by atoms with Crippen LogP contribution in [0.25, 0.3) is 5.76 Å². The van der Waals surface area contributed by atoms with E-state index in [4.69, 9.17) is 9.15 Å². The van der Waals surface area contributed by atoms with Crippen LogP contribution in [0.15, 0.2) is 58.5 Å². The first-order valence-corrected chi connectivity index (χ1v) is 11.2. The molecule has 0 spiro atoms. The molecule has 1 atom stereocenters. The van der Waals surface area contributed by atoms with E-state index < -0.39 is 17.7 Å². The molecule has 0 radical (unpaired) electrons. The lowest BCUT2D eigenvalue weighted by atomic mass is 9.98. The Morgan fingerprint density at radius 1 is 1.00 bits per heavy atom. The van der Waals surface area contributed by atoms with Crippen molar-refractivity contribution in [2.75, 3.05) is 30.0 Å². The van der Waals surface area contributed by atoms with Crippen LogP contribution >= 0.6 is 0 Å². The zero-order valence-electron chi connectivity index (χ0n) is 19.6. The van der Waals surface area contributed by atoms with Crippen LogP contribution in [0, 0.1) is 20.8 Å². The van der Waals surface area contributed by atoms with E-state index in [0.29, 0.717) is 41.7 Å². The summed E-state index contributed by atoms with van der Waals surface area (Å²) in [7, 11) is 1.94. The van der Waals surface area contributed by atoms with Crippen molar-refractivity contribution in [2.45, 2.75) is 26.8 Å². The fourth-order valence-corrected chi connectivity index (χ4v) is 4.71. The van der Waals surface area contributed by atoms with Gasteiger partial charge in [0.1, 0.15) is 35.7 Å². The third-order valence-corrected chi connectivity index (χ3v) is 6.29. The lowest BCUT2D eigenvalue weighted by molar-refractivity contribution is -0.132. The van der Waals surface area contributed by atoms with E-state index in [1.54, 1.807) is 37.3 Å². The highest BCUT2D eigenvalue weighted by Gasteiger charge is 2.48. The summed E-state index contributed by atoms with van der Waals surface area (Å²) in [6.45, 7) is 6.95. The van der Waals surface area contributed by atoms with Crippen LogP contribution in [-0.2, 0) is 9.59 Å². The van der Waals surface area contributed by atoms with Crippen LogP contribution in [-0.4, -0.2) is 37.0 Å². The number of ketones is 1. The molecule has 2 aliphatic heterocycles. The van der Waals surface area contributed by atoms with Crippen LogP contribution in [0.3, 0.4) is 0 Å². The molecule has 1 saturated heterocycles. The Morgan fingerprint density at radius 2 is 1.74 bits per heavy atom. The van der Waals surface area contributed by atoms with Crippen molar-refractivity contribution in [1.82, 2.24) is 0 Å². The summed E-state index contributed by atoms with van der Waals surface area (Å²) >= 11 is 0. The third kappa shape index (κ3) is 3.53. The first-order valence-electron chi connectivity index (χ1n) is 11.2. The SMILES string of the molecule is Cc1cc(C)cc(N2C(=O)C(=O)/C(=C(\O)c3ccc4c(c3)N(C)CCO4)C2c2ccc(C)o2)c1. The molecule has 1 fully saturated rings. The first kappa shape index (κ1) is 21.8. The fraction of sp³-hybridized carbons (Fsp3) is 0.259. The van der Waals surface area contributed by atoms with Crippen molar-refractivity contribution in [1.29, 1.82) is 0 Å². The number of rotatable bonds is 3. The molecule has 1 N–H and O–H groups in total. The second kappa shape index (κ2) is 8.09. The normalized spacial score (nSPS) is 19.4. The number of ether oxygens (including phenoxy) is 1. The predicted molar refractivity (Wildman–Crippen MR) is 129 cm³/mol. The molecule has 1 unspecified atom stereocenters. The van der Waals surface area contributed by atoms with Crippen molar-refractivity contribution < 1.29 is 23.8 Å². The molecule has 2 aliphatic rings. The summed E-state index contributed by atoms with van der Waals surface area (Å²) in [6, 6.07) is 13.6. The molecule has 3 aromatic rings. The van der Waals surface area contributed by atoms with Gasteiger partial charge in [0.25, 0.3) is 11.7 Å². The zero-order valence-corrected chi connectivity index (χ0v) is 19.6. The van der Waals surface area contributed by atoms with Gasteiger partial charge in [0, 0.05) is 18.3 Å². The molecular formula is C27H26N2O5. The van der Waals surface area contributed by atoms with E-state index in [1.165, 1.54) is 4.90 Å². The molecule has 0 saturated carbocycles. The number of likely N-dealkylation sites (N-methyl/N-ethyl adjacent to an activating group) is 1. The predicted octanol–water partition coefficient (Wildman–Crippen LogP) is 4.66. The van der Waals surface area contributed by atoms with E-state index in [9.17, 15) is 14.7 Å². The van der Waals surface area contributed by atoms with Crippen LogP contribution in [0.2, 0.25) is 0 Å². The zero-order chi connectivity index (χ0) is 24.1. The summed E-state index contributed by atoms with van der Waals surface area (Å²) in [6.07, 6.45) is 0. The quantitative estimate of drug-likeness (QED) is 0.349. The number of nitrogens with zero attached hydrogens (tertiary/aromatic N) is 2. The van der Waals surface area contributed by atoms with Crippen molar-refractivity contribution >= 4 is 28.8 Å². The monoisotopic (exact) mass is 458 g/mol. The molecule has 1 aromatic heterocycles. The number of Topliss-reactive ketones (excluding diaryl/α,β-unsaturated/α-hetero) is 1. The van der Waals surface area contributed by atoms with Crippen molar-refractivity contribution in [3.05, 3.63) is 82.3 Å². The van der Waals surface area contributed by atoms with Gasteiger partial charge in [-0.1, -0.05) is 6.07 Å². The summed E-state index contributed by atoms with van der Waals surface area (Å²) in [5.74, 6) is 0.0664. The van der Waals surface area contributed by atoms with Gasteiger partial charge in [0.15, 0.2) is 0 Å². The lowest BCUT2D eigenvalue weighted by Crippen LogP contribution is -2.29. The fourth-order valence-electron chi connectivity index (χ4n) is 4.71. The van der Waals surface area contributed by atoms with Crippen LogP contribution in [0.1, 0.15) is 34.3 Å². The van der Waals surface area contributed by atoms with E-state index in [2.05, 4.69) is 0 Å². The number of aliphatic hydroxyl groups is 1. The number of amides is 1. The minimum atomic E-state index is -0.889. The summed E-state index contributed by atoms with van der Waals surface area (Å²) in [4.78, 5) is 30.1. The Hall–Kier alpha value is -4.00. The van der Waals surface area contributed by atoms with E-state index in [-0.39, 0.29) is 11.3 Å². The summed E-state index contributed by atoms with van der Waals surface area (Å²) < 4.78 is 11.6. The summed E-state index contributed by atoms with van der Waals surface area (Å²) in [5.41, 5.74) is 3.74. The number of aryl methyl sites for hydroxylation is 3. The maximum absolute atomic E-state index is 13.3. The number of anilines is 2. The number of furan rings is 1. The van der Waals surface area contributed by atoms with Gasteiger partial charge in [-0.15, -0.1) is 0 Å².